The van der Waals surface area contributed by atoms with Crippen molar-refractivity contribution in [3.63, 3.8) is 0 Å². The van der Waals surface area contributed by atoms with Gasteiger partial charge in [0.25, 0.3) is 5.79 Å². The standard InChI is InChI=1S/C24H29NO3S/c1-15-12-16(2)18(4)23(17(15)3)29-14-22(26)25-19-8-9-20-21(13-19)28-24(27-20)10-6-5-7-11-24/h8-9,12-13H,5-7,10-11,14H2,1-4H3,(H,25,26). The van der Waals surface area contributed by atoms with E-state index in [4.69, 9.17) is 9.47 Å². The molecule has 0 atom stereocenters. The van der Waals surface area contributed by atoms with Gasteiger partial charge in [-0.15, -0.1) is 11.8 Å². The number of aryl methyl sites for hydroxylation is 2. The number of nitrogens with one attached hydrogen (secondary N) is 1. The Balaban J connectivity index is 1.40. The Kier molecular flexibility index (Phi) is 5.52. The van der Waals surface area contributed by atoms with Crippen LogP contribution in [0.15, 0.2) is 29.2 Å². The Morgan fingerprint density at radius 2 is 1.62 bits per heavy atom. The van der Waals surface area contributed by atoms with Gasteiger partial charge in [0, 0.05) is 29.5 Å². The molecule has 0 bridgehead atoms. The highest BCUT2D eigenvalue weighted by atomic mass is 32.2. The molecule has 4 nitrogen and oxygen atoms in total. The van der Waals surface area contributed by atoms with Crippen LogP contribution in [0.5, 0.6) is 11.5 Å². The lowest BCUT2D eigenvalue weighted by Crippen LogP contribution is -2.40. The van der Waals surface area contributed by atoms with E-state index in [-0.39, 0.29) is 5.91 Å². The van der Waals surface area contributed by atoms with Crippen molar-refractivity contribution in [2.24, 2.45) is 0 Å². The fourth-order valence-electron chi connectivity index (χ4n) is 4.20. The van der Waals surface area contributed by atoms with Gasteiger partial charge >= 0.3 is 0 Å². The molecule has 2 aliphatic rings. The summed E-state index contributed by atoms with van der Waals surface area (Å²) < 4.78 is 12.3. The van der Waals surface area contributed by atoms with Crippen LogP contribution in [0.4, 0.5) is 5.69 Å². The van der Waals surface area contributed by atoms with E-state index in [9.17, 15) is 4.79 Å². The van der Waals surface area contributed by atoms with Gasteiger partial charge in [-0.3, -0.25) is 4.79 Å². The number of fused-ring (bicyclic) bond motifs is 1. The number of hydrogen-bond donors (Lipinski definition) is 1. The second kappa shape index (κ2) is 7.94. The van der Waals surface area contributed by atoms with E-state index in [1.54, 1.807) is 11.8 Å². The third kappa shape index (κ3) is 4.11. The highest BCUT2D eigenvalue weighted by molar-refractivity contribution is 8.00. The van der Waals surface area contributed by atoms with Crippen LogP contribution < -0.4 is 14.8 Å². The maximum Gasteiger partial charge on any atom is 0.251 e. The third-order valence-corrected chi connectivity index (χ3v) is 7.39. The summed E-state index contributed by atoms with van der Waals surface area (Å²) in [7, 11) is 0. The normalized spacial score (nSPS) is 16.8. The molecule has 2 aromatic rings. The quantitative estimate of drug-likeness (QED) is 0.619. The second-order valence-corrected chi connectivity index (χ2v) is 9.25. The van der Waals surface area contributed by atoms with E-state index in [2.05, 4.69) is 39.1 Å². The van der Waals surface area contributed by atoms with Crippen LogP contribution in [-0.4, -0.2) is 17.4 Å². The molecule has 0 saturated heterocycles. The van der Waals surface area contributed by atoms with Gasteiger partial charge in [-0.2, -0.15) is 0 Å². The van der Waals surface area contributed by atoms with Crippen molar-refractivity contribution in [3.05, 3.63) is 46.5 Å². The minimum atomic E-state index is -0.489. The van der Waals surface area contributed by atoms with Gasteiger partial charge in [0.2, 0.25) is 5.91 Å². The summed E-state index contributed by atoms with van der Waals surface area (Å²) in [6.07, 6.45) is 5.35. The van der Waals surface area contributed by atoms with Crippen molar-refractivity contribution in [3.8, 4) is 11.5 Å². The van der Waals surface area contributed by atoms with Gasteiger partial charge in [-0.25, -0.2) is 0 Å². The molecule has 1 heterocycles. The number of anilines is 1. The Labute approximate surface area is 177 Å². The molecule has 29 heavy (non-hydrogen) atoms. The van der Waals surface area contributed by atoms with Gasteiger partial charge in [-0.1, -0.05) is 12.5 Å². The molecule has 154 valence electrons. The third-order valence-electron chi connectivity index (χ3n) is 6.08. The van der Waals surface area contributed by atoms with E-state index >= 15 is 0 Å². The first-order chi connectivity index (χ1) is 13.9. The summed E-state index contributed by atoms with van der Waals surface area (Å²) in [4.78, 5) is 13.8. The minimum absolute atomic E-state index is 0.0146. The van der Waals surface area contributed by atoms with Gasteiger partial charge in [0.05, 0.1) is 5.75 Å². The Morgan fingerprint density at radius 1 is 0.966 bits per heavy atom. The molecular weight excluding hydrogens is 382 g/mol. The molecule has 0 aromatic heterocycles. The Bertz CT molecular complexity index is 921. The first kappa shape index (κ1) is 20.1. The predicted octanol–water partition coefficient (Wildman–Crippen LogP) is 6.08. The van der Waals surface area contributed by atoms with Gasteiger partial charge in [0.15, 0.2) is 11.5 Å². The van der Waals surface area contributed by atoms with Crippen molar-refractivity contribution >= 4 is 23.4 Å². The molecule has 0 radical (unpaired) electrons. The zero-order chi connectivity index (χ0) is 20.6. The monoisotopic (exact) mass is 411 g/mol. The molecule has 2 aromatic carbocycles. The van der Waals surface area contributed by atoms with Crippen LogP contribution in [0.1, 0.15) is 54.4 Å². The number of amides is 1. The maximum atomic E-state index is 12.6. The highest BCUT2D eigenvalue weighted by Gasteiger charge is 2.42. The van der Waals surface area contributed by atoms with Crippen LogP contribution in [-0.2, 0) is 4.79 Å². The van der Waals surface area contributed by atoms with Crippen molar-refractivity contribution in [1.29, 1.82) is 0 Å². The summed E-state index contributed by atoms with van der Waals surface area (Å²) in [5.74, 6) is 1.39. The number of carbonyl (C=O) groups excluding carboxylic acids is 1. The lowest BCUT2D eigenvalue weighted by molar-refractivity contribution is -0.113. The molecule has 1 spiro atoms. The lowest BCUT2D eigenvalue weighted by Gasteiger charge is -2.31. The summed E-state index contributed by atoms with van der Waals surface area (Å²) in [5, 5.41) is 3.01. The van der Waals surface area contributed by atoms with Crippen molar-refractivity contribution in [1.82, 2.24) is 0 Å². The molecule has 1 aliphatic heterocycles. The zero-order valence-electron chi connectivity index (χ0n) is 17.7. The number of carbonyl (C=O) groups is 1. The number of thioether (sulfide) groups is 1. The van der Waals surface area contributed by atoms with E-state index < -0.39 is 5.79 Å². The molecule has 4 rings (SSSR count). The molecule has 1 N–H and O–H groups in total. The smallest absolute Gasteiger partial charge is 0.251 e. The Morgan fingerprint density at radius 3 is 2.31 bits per heavy atom. The van der Waals surface area contributed by atoms with Crippen LogP contribution in [0.2, 0.25) is 0 Å². The summed E-state index contributed by atoms with van der Waals surface area (Å²) >= 11 is 1.60. The molecule has 5 heteroatoms. The van der Waals surface area contributed by atoms with Crippen LogP contribution >= 0.6 is 11.8 Å². The largest absolute Gasteiger partial charge is 0.448 e. The number of benzene rings is 2. The van der Waals surface area contributed by atoms with Crippen LogP contribution in [0, 0.1) is 27.7 Å². The van der Waals surface area contributed by atoms with Crippen molar-refractivity contribution < 1.29 is 14.3 Å². The summed E-state index contributed by atoms with van der Waals surface area (Å²) in [6.45, 7) is 8.50. The summed E-state index contributed by atoms with van der Waals surface area (Å²) in [5.41, 5.74) is 5.80. The maximum absolute atomic E-state index is 12.6. The fourth-order valence-corrected chi connectivity index (χ4v) is 5.30. The van der Waals surface area contributed by atoms with E-state index in [1.165, 1.54) is 33.6 Å². The highest BCUT2D eigenvalue weighted by Crippen LogP contribution is 2.46. The first-order valence-electron chi connectivity index (χ1n) is 10.4. The topological polar surface area (TPSA) is 47.6 Å². The lowest BCUT2D eigenvalue weighted by atomic mass is 9.94. The fraction of sp³-hybridized carbons (Fsp3) is 0.458. The predicted molar refractivity (Wildman–Crippen MR) is 118 cm³/mol. The second-order valence-electron chi connectivity index (χ2n) is 8.26. The van der Waals surface area contributed by atoms with E-state index in [0.29, 0.717) is 5.75 Å². The Hall–Kier alpha value is -2.14. The molecular formula is C24H29NO3S. The van der Waals surface area contributed by atoms with E-state index in [0.717, 1.165) is 42.9 Å². The number of rotatable bonds is 4. The number of hydrogen-bond acceptors (Lipinski definition) is 4. The number of ether oxygens (including phenoxy) is 2. The molecule has 1 amide bonds. The average Bonchev–Trinajstić information content (AvgIpc) is 3.03. The van der Waals surface area contributed by atoms with Crippen LogP contribution in [0.25, 0.3) is 0 Å². The summed E-state index contributed by atoms with van der Waals surface area (Å²) in [6, 6.07) is 7.88. The average molecular weight is 412 g/mol. The molecule has 0 unspecified atom stereocenters. The van der Waals surface area contributed by atoms with Gasteiger partial charge < -0.3 is 14.8 Å². The van der Waals surface area contributed by atoms with E-state index in [1.807, 2.05) is 18.2 Å². The van der Waals surface area contributed by atoms with Crippen molar-refractivity contribution in [2.45, 2.75) is 70.5 Å². The molecule has 1 saturated carbocycles. The van der Waals surface area contributed by atoms with Crippen LogP contribution in [0.3, 0.4) is 0 Å². The zero-order valence-corrected chi connectivity index (χ0v) is 18.5. The molecule has 1 aliphatic carbocycles. The molecule has 1 fully saturated rings. The minimum Gasteiger partial charge on any atom is -0.448 e. The van der Waals surface area contributed by atoms with Gasteiger partial charge in [-0.05, 0) is 74.9 Å². The van der Waals surface area contributed by atoms with Gasteiger partial charge in [0.1, 0.15) is 0 Å². The first-order valence-corrected chi connectivity index (χ1v) is 11.4. The SMILES string of the molecule is Cc1cc(C)c(C)c(SCC(=O)Nc2ccc3c(c2)OC2(CCCCC2)O3)c1C. The van der Waals surface area contributed by atoms with Crippen molar-refractivity contribution in [2.75, 3.05) is 11.1 Å².